The van der Waals surface area contributed by atoms with Crippen LogP contribution < -0.4 is 0 Å². The van der Waals surface area contributed by atoms with Crippen LogP contribution in [0.2, 0.25) is 0 Å². The van der Waals surface area contributed by atoms with E-state index in [1.54, 1.807) is 45.6 Å². The van der Waals surface area contributed by atoms with Gasteiger partial charge in [-0.2, -0.15) is 5.10 Å². The number of carbonyl (C=O) groups is 1. The molecule has 7 heteroatoms. The highest BCUT2D eigenvalue weighted by Gasteiger charge is 2.33. The van der Waals surface area contributed by atoms with Crippen LogP contribution in [0.5, 0.6) is 0 Å². The first kappa shape index (κ1) is 18.5. The third-order valence-corrected chi connectivity index (χ3v) is 7.75. The van der Waals surface area contributed by atoms with Crippen LogP contribution in [0, 0.1) is 0 Å². The Bertz CT molecular complexity index is 1160. The molecule has 29 heavy (non-hydrogen) atoms. The highest BCUT2D eigenvalue weighted by Crippen LogP contribution is 2.37. The third-order valence-electron chi connectivity index (χ3n) is 4.80. The standard InChI is InChI=1S/C22H17N3OS3/c26-22(14-29-19-9-10-23-16-6-2-1-5-15(16)19)25-18(21-8-4-12-28-21)13-17(24-25)20-7-3-11-27-20/h1-12,18H,13-14H2. The van der Waals surface area contributed by atoms with Crippen LogP contribution >= 0.6 is 34.4 Å². The van der Waals surface area contributed by atoms with Crippen molar-refractivity contribution in [1.82, 2.24) is 9.99 Å². The number of hydrogen-bond donors (Lipinski definition) is 0. The van der Waals surface area contributed by atoms with Gasteiger partial charge in [-0.15, -0.1) is 34.4 Å². The van der Waals surface area contributed by atoms with Gasteiger partial charge in [0.2, 0.25) is 0 Å². The maximum Gasteiger partial charge on any atom is 0.253 e. The van der Waals surface area contributed by atoms with E-state index in [9.17, 15) is 4.79 Å². The van der Waals surface area contributed by atoms with Crippen LogP contribution in [-0.2, 0) is 4.79 Å². The van der Waals surface area contributed by atoms with Gasteiger partial charge in [-0.25, -0.2) is 5.01 Å². The average Bonchev–Trinajstić information content (AvgIpc) is 3.52. The predicted molar refractivity (Wildman–Crippen MR) is 122 cm³/mol. The Morgan fingerprint density at radius 1 is 1.07 bits per heavy atom. The summed E-state index contributed by atoms with van der Waals surface area (Å²) in [6, 6.07) is 18.2. The second-order valence-corrected chi connectivity index (χ2v) is 9.56. The number of nitrogens with zero attached hydrogens (tertiary/aromatic N) is 3. The van der Waals surface area contributed by atoms with Crippen LogP contribution in [0.3, 0.4) is 0 Å². The summed E-state index contributed by atoms with van der Waals surface area (Å²) in [7, 11) is 0. The molecule has 4 nitrogen and oxygen atoms in total. The fourth-order valence-electron chi connectivity index (χ4n) is 3.44. The molecule has 1 atom stereocenters. The Kier molecular flexibility index (Phi) is 5.18. The lowest BCUT2D eigenvalue weighted by Gasteiger charge is -2.20. The molecule has 0 fully saturated rings. The summed E-state index contributed by atoms with van der Waals surface area (Å²) in [6.07, 6.45) is 2.56. The zero-order valence-electron chi connectivity index (χ0n) is 15.4. The molecule has 144 valence electrons. The van der Waals surface area contributed by atoms with Crippen LogP contribution in [0.1, 0.15) is 22.2 Å². The van der Waals surface area contributed by atoms with Crippen LogP contribution in [0.4, 0.5) is 0 Å². The molecule has 4 heterocycles. The van der Waals surface area contributed by atoms with Crippen molar-refractivity contribution in [2.45, 2.75) is 17.4 Å². The zero-order chi connectivity index (χ0) is 19.6. The second kappa shape index (κ2) is 8.10. The van der Waals surface area contributed by atoms with Crippen molar-refractivity contribution in [3.63, 3.8) is 0 Å². The quantitative estimate of drug-likeness (QED) is 0.371. The number of benzene rings is 1. The van der Waals surface area contributed by atoms with Crippen LogP contribution in [0.15, 0.2) is 81.6 Å². The van der Waals surface area contributed by atoms with Gasteiger partial charge in [0.15, 0.2) is 0 Å². The van der Waals surface area contributed by atoms with E-state index in [1.807, 2.05) is 47.8 Å². The minimum atomic E-state index is -0.0191. The van der Waals surface area contributed by atoms with E-state index in [1.165, 1.54) is 4.88 Å². The van der Waals surface area contributed by atoms with E-state index in [4.69, 9.17) is 5.10 Å². The highest BCUT2D eigenvalue weighted by atomic mass is 32.2. The van der Waals surface area contributed by atoms with Crippen molar-refractivity contribution >= 4 is 57.0 Å². The van der Waals surface area contributed by atoms with Gasteiger partial charge in [0.1, 0.15) is 0 Å². The molecule has 0 saturated heterocycles. The summed E-state index contributed by atoms with van der Waals surface area (Å²) in [5, 5.41) is 11.6. The van der Waals surface area contributed by atoms with Crippen LogP contribution in [-0.4, -0.2) is 27.4 Å². The molecule has 5 rings (SSSR count). The normalized spacial score (nSPS) is 16.3. The summed E-state index contributed by atoms with van der Waals surface area (Å²) in [4.78, 5) is 20.9. The Morgan fingerprint density at radius 3 is 2.76 bits per heavy atom. The lowest BCUT2D eigenvalue weighted by molar-refractivity contribution is -0.130. The topological polar surface area (TPSA) is 45.6 Å². The Labute approximate surface area is 180 Å². The third kappa shape index (κ3) is 3.73. The van der Waals surface area contributed by atoms with Gasteiger partial charge in [-0.1, -0.05) is 30.3 Å². The molecule has 1 aromatic carbocycles. The van der Waals surface area contributed by atoms with Gasteiger partial charge in [0.05, 0.1) is 27.9 Å². The minimum Gasteiger partial charge on any atom is -0.272 e. The Hall–Kier alpha value is -2.48. The first-order valence-corrected chi connectivity index (χ1v) is 12.0. The molecule has 1 unspecified atom stereocenters. The number of aromatic nitrogens is 1. The minimum absolute atomic E-state index is 0.0191. The number of hydrogen-bond acceptors (Lipinski definition) is 6. The van der Waals surface area contributed by atoms with Gasteiger partial charge in [0.25, 0.3) is 5.91 Å². The Balaban J connectivity index is 1.39. The van der Waals surface area contributed by atoms with E-state index in [2.05, 4.69) is 22.5 Å². The first-order valence-electron chi connectivity index (χ1n) is 9.23. The average molecular weight is 436 g/mol. The highest BCUT2D eigenvalue weighted by molar-refractivity contribution is 8.00. The number of rotatable bonds is 5. The summed E-state index contributed by atoms with van der Waals surface area (Å²) in [6.45, 7) is 0. The van der Waals surface area contributed by atoms with Gasteiger partial charge in [-0.3, -0.25) is 9.78 Å². The van der Waals surface area contributed by atoms with Crippen molar-refractivity contribution in [3.8, 4) is 0 Å². The van der Waals surface area contributed by atoms with E-state index in [0.29, 0.717) is 5.75 Å². The number of amides is 1. The number of pyridine rings is 1. The van der Waals surface area contributed by atoms with Gasteiger partial charge in [-0.05, 0) is 35.0 Å². The molecule has 1 aliphatic heterocycles. The lowest BCUT2D eigenvalue weighted by Crippen LogP contribution is -2.28. The fourth-order valence-corrected chi connectivity index (χ4v) is 5.86. The first-order chi connectivity index (χ1) is 14.3. The van der Waals surface area contributed by atoms with Crippen molar-refractivity contribution in [3.05, 3.63) is 81.3 Å². The molecule has 4 aromatic rings. The van der Waals surface area contributed by atoms with Crippen molar-refractivity contribution in [1.29, 1.82) is 0 Å². The maximum absolute atomic E-state index is 13.2. The van der Waals surface area contributed by atoms with Crippen LogP contribution in [0.25, 0.3) is 10.9 Å². The zero-order valence-corrected chi connectivity index (χ0v) is 17.8. The molecule has 0 saturated carbocycles. The van der Waals surface area contributed by atoms with Crippen molar-refractivity contribution in [2.24, 2.45) is 5.10 Å². The number of para-hydroxylation sites is 1. The van der Waals surface area contributed by atoms with E-state index >= 15 is 0 Å². The van der Waals surface area contributed by atoms with Gasteiger partial charge < -0.3 is 0 Å². The van der Waals surface area contributed by atoms with Gasteiger partial charge >= 0.3 is 0 Å². The van der Waals surface area contributed by atoms with Crippen molar-refractivity contribution < 1.29 is 4.79 Å². The molecule has 1 aliphatic rings. The predicted octanol–water partition coefficient (Wildman–Crippen LogP) is 5.83. The number of fused-ring (bicyclic) bond motifs is 1. The molecule has 0 aliphatic carbocycles. The number of thiophene rings is 2. The smallest absolute Gasteiger partial charge is 0.253 e. The fraction of sp³-hybridized carbons (Fsp3) is 0.136. The second-order valence-electron chi connectivity index (χ2n) is 6.61. The van der Waals surface area contributed by atoms with E-state index < -0.39 is 0 Å². The molecule has 0 spiro atoms. The van der Waals surface area contributed by atoms with Crippen molar-refractivity contribution in [2.75, 3.05) is 5.75 Å². The summed E-state index contributed by atoms with van der Waals surface area (Å²) in [5.74, 6) is 0.373. The van der Waals surface area contributed by atoms with E-state index in [-0.39, 0.29) is 11.9 Å². The lowest BCUT2D eigenvalue weighted by atomic mass is 10.1. The molecule has 0 bridgehead atoms. The van der Waals surface area contributed by atoms with Gasteiger partial charge in [0, 0.05) is 27.8 Å². The summed E-state index contributed by atoms with van der Waals surface area (Å²) >= 11 is 4.89. The summed E-state index contributed by atoms with van der Waals surface area (Å²) in [5.41, 5.74) is 1.94. The number of thioether (sulfide) groups is 1. The SMILES string of the molecule is O=C(CSc1ccnc2ccccc12)N1N=C(c2cccs2)CC1c1cccs1. The largest absolute Gasteiger partial charge is 0.272 e. The molecule has 0 radical (unpaired) electrons. The Morgan fingerprint density at radius 2 is 1.93 bits per heavy atom. The number of carbonyl (C=O) groups excluding carboxylic acids is 1. The number of hydrazone groups is 1. The molecule has 1 amide bonds. The summed E-state index contributed by atoms with van der Waals surface area (Å²) < 4.78 is 0. The maximum atomic E-state index is 13.2. The molecular formula is C22H17N3OS3. The molecular weight excluding hydrogens is 418 g/mol. The monoisotopic (exact) mass is 435 g/mol. The van der Waals surface area contributed by atoms with E-state index in [0.717, 1.165) is 32.8 Å². The molecule has 0 N–H and O–H groups in total. The molecule has 3 aromatic heterocycles.